The number of amides is 1. The van der Waals surface area contributed by atoms with Gasteiger partial charge in [0, 0.05) is 35.8 Å². The van der Waals surface area contributed by atoms with E-state index in [4.69, 9.17) is 11.6 Å². The highest BCUT2D eigenvalue weighted by molar-refractivity contribution is 6.30. The molecule has 6 nitrogen and oxygen atoms in total. The molecule has 7 heteroatoms. The third-order valence-electron chi connectivity index (χ3n) is 5.10. The third-order valence-corrected chi connectivity index (χ3v) is 5.30. The second-order valence-corrected chi connectivity index (χ2v) is 6.99. The maximum absolute atomic E-state index is 11.5. The van der Waals surface area contributed by atoms with Gasteiger partial charge in [0.25, 0.3) is 0 Å². The second-order valence-electron chi connectivity index (χ2n) is 6.60. The number of carbonyl (C=O) groups is 1. The molecule has 2 aliphatic heterocycles. The highest BCUT2D eigenvalue weighted by Gasteiger charge is 2.41. The average Bonchev–Trinajstić information content (AvgIpc) is 2.53. The number of fused-ring (bicyclic) bond motifs is 3. The van der Waals surface area contributed by atoms with Crippen LogP contribution in [0, 0.1) is 0 Å². The number of carboxylic acid groups (broad SMARTS) is 1. The lowest BCUT2D eigenvalue weighted by Gasteiger charge is -2.47. The molecule has 1 amide bonds. The lowest BCUT2D eigenvalue weighted by molar-refractivity contribution is 0.0385. The van der Waals surface area contributed by atoms with Crippen molar-refractivity contribution in [1.29, 1.82) is 0 Å². The molecule has 2 fully saturated rings. The Kier molecular flexibility index (Phi) is 3.92. The fourth-order valence-electron chi connectivity index (χ4n) is 4.16. The van der Waals surface area contributed by atoms with Crippen LogP contribution in [-0.4, -0.2) is 44.2 Å². The summed E-state index contributed by atoms with van der Waals surface area (Å²) in [6.45, 7) is 0. The third kappa shape index (κ3) is 2.75. The molecule has 4 heterocycles. The Morgan fingerprint density at radius 1 is 1.33 bits per heavy atom. The number of aromatic nitrogens is 2. The molecule has 4 rings (SSSR count). The predicted molar refractivity (Wildman–Crippen MR) is 92.5 cm³/mol. The Balaban J connectivity index is 1.60. The molecule has 126 valence electrons. The summed E-state index contributed by atoms with van der Waals surface area (Å²) < 4.78 is 0. The van der Waals surface area contributed by atoms with E-state index in [1.165, 1.54) is 0 Å². The van der Waals surface area contributed by atoms with Gasteiger partial charge in [-0.15, -0.1) is 0 Å². The molecule has 2 aliphatic rings. The van der Waals surface area contributed by atoms with Gasteiger partial charge >= 0.3 is 6.09 Å². The zero-order valence-electron chi connectivity index (χ0n) is 13.2. The van der Waals surface area contributed by atoms with Gasteiger partial charge in [-0.3, -0.25) is 4.98 Å². The molecule has 0 unspecified atom stereocenters. The van der Waals surface area contributed by atoms with E-state index in [0.29, 0.717) is 5.15 Å². The maximum Gasteiger partial charge on any atom is 0.407 e. The summed E-state index contributed by atoms with van der Waals surface area (Å²) in [5, 5.41) is 14.3. The largest absolute Gasteiger partial charge is 0.465 e. The summed E-state index contributed by atoms with van der Waals surface area (Å²) in [6, 6.07) is 5.99. The van der Waals surface area contributed by atoms with Gasteiger partial charge in [0.1, 0.15) is 11.0 Å². The van der Waals surface area contributed by atoms with E-state index in [1.54, 1.807) is 17.2 Å². The topological polar surface area (TPSA) is 78.4 Å². The number of nitrogens with one attached hydrogen (secondary N) is 1. The van der Waals surface area contributed by atoms with Crippen LogP contribution in [0.15, 0.2) is 24.4 Å². The monoisotopic (exact) mass is 346 g/mol. The van der Waals surface area contributed by atoms with Crippen LogP contribution in [-0.2, 0) is 0 Å². The number of halogens is 1. The van der Waals surface area contributed by atoms with Gasteiger partial charge in [0.05, 0.1) is 5.52 Å². The maximum atomic E-state index is 11.5. The van der Waals surface area contributed by atoms with Crippen LogP contribution in [0.25, 0.3) is 10.9 Å². The van der Waals surface area contributed by atoms with E-state index >= 15 is 0 Å². The van der Waals surface area contributed by atoms with Gasteiger partial charge < -0.3 is 15.3 Å². The summed E-state index contributed by atoms with van der Waals surface area (Å²) in [5.74, 6) is 0.734. The minimum absolute atomic E-state index is 0.0936. The van der Waals surface area contributed by atoms with Crippen LogP contribution in [0.2, 0.25) is 5.15 Å². The molecular weight excluding hydrogens is 328 g/mol. The van der Waals surface area contributed by atoms with Crippen molar-refractivity contribution in [2.24, 2.45) is 0 Å². The SMILES string of the molecule is O=C(O)N1[C@@H]2CCC[C@H]1C[C@@H](Nc1nc(Cl)cc3ncccc13)C2. The van der Waals surface area contributed by atoms with Crippen molar-refractivity contribution < 1.29 is 9.90 Å². The molecule has 0 saturated carbocycles. The molecule has 2 saturated heterocycles. The van der Waals surface area contributed by atoms with Crippen LogP contribution in [0.1, 0.15) is 32.1 Å². The number of hydrogen-bond acceptors (Lipinski definition) is 4. The molecule has 0 aromatic carbocycles. The second kappa shape index (κ2) is 6.09. The van der Waals surface area contributed by atoms with Crippen molar-refractivity contribution in [3.63, 3.8) is 0 Å². The Morgan fingerprint density at radius 2 is 2.08 bits per heavy atom. The fraction of sp³-hybridized carbons (Fsp3) is 0.471. The number of nitrogens with zero attached hydrogens (tertiary/aromatic N) is 3. The molecule has 24 heavy (non-hydrogen) atoms. The van der Waals surface area contributed by atoms with Crippen molar-refractivity contribution in [1.82, 2.24) is 14.9 Å². The molecular formula is C17H19ClN4O2. The zero-order valence-corrected chi connectivity index (χ0v) is 13.9. The van der Waals surface area contributed by atoms with Crippen molar-refractivity contribution in [3.8, 4) is 0 Å². The fourth-order valence-corrected chi connectivity index (χ4v) is 4.35. The number of hydrogen-bond donors (Lipinski definition) is 2. The summed E-state index contributed by atoms with van der Waals surface area (Å²) in [5.41, 5.74) is 0.808. The van der Waals surface area contributed by atoms with E-state index < -0.39 is 6.09 Å². The first-order valence-electron chi connectivity index (χ1n) is 8.31. The molecule has 2 aromatic heterocycles. The van der Waals surface area contributed by atoms with Crippen molar-refractivity contribution in [3.05, 3.63) is 29.5 Å². The molecule has 3 atom stereocenters. The molecule has 2 N–H and O–H groups in total. The van der Waals surface area contributed by atoms with E-state index in [-0.39, 0.29) is 18.1 Å². The van der Waals surface area contributed by atoms with Crippen LogP contribution in [0.3, 0.4) is 0 Å². The molecule has 2 aromatic rings. The molecule has 0 spiro atoms. The molecule has 0 aliphatic carbocycles. The Morgan fingerprint density at radius 3 is 2.79 bits per heavy atom. The standard InChI is InChI=1S/C17H19ClN4O2/c18-15-9-14-13(5-2-6-19-14)16(21-15)20-10-7-11-3-1-4-12(8-10)22(11)17(23)24/h2,5-6,9-12H,1,3-4,7-8H2,(H,20,21)(H,23,24)/t10-,11+,12-. The van der Waals surface area contributed by atoms with Gasteiger partial charge in [-0.2, -0.15) is 0 Å². The number of piperidine rings is 2. The van der Waals surface area contributed by atoms with Gasteiger partial charge in [-0.05, 0) is 44.2 Å². The number of rotatable bonds is 2. The van der Waals surface area contributed by atoms with Crippen molar-refractivity contribution >= 4 is 34.4 Å². The lowest BCUT2D eigenvalue weighted by Crippen LogP contribution is -2.56. The average molecular weight is 347 g/mol. The minimum atomic E-state index is -0.793. The molecule has 0 radical (unpaired) electrons. The molecule has 2 bridgehead atoms. The highest BCUT2D eigenvalue weighted by Crippen LogP contribution is 2.36. The van der Waals surface area contributed by atoms with Crippen LogP contribution >= 0.6 is 11.6 Å². The first-order chi connectivity index (χ1) is 11.6. The summed E-state index contributed by atoms with van der Waals surface area (Å²) in [6.07, 6.45) is 5.53. The van der Waals surface area contributed by atoms with Gasteiger partial charge in [0.2, 0.25) is 0 Å². The van der Waals surface area contributed by atoms with Crippen molar-refractivity contribution in [2.75, 3.05) is 5.32 Å². The zero-order chi connectivity index (χ0) is 16.7. The quantitative estimate of drug-likeness (QED) is 0.809. The Hall–Kier alpha value is -2.08. The number of pyridine rings is 2. The van der Waals surface area contributed by atoms with E-state index in [0.717, 1.165) is 48.8 Å². The van der Waals surface area contributed by atoms with Crippen LogP contribution in [0.5, 0.6) is 0 Å². The number of anilines is 1. The Labute approximate surface area is 144 Å². The smallest absolute Gasteiger partial charge is 0.407 e. The summed E-state index contributed by atoms with van der Waals surface area (Å²) in [4.78, 5) is 21.9. The first-order valence-corrected chi connectivity index (χ1v) is 8.68. The normalized spacial score (nSPS) is 26.4. The van der Waals surface area contributed by atoms with Crippen LogP contribution < -0.4 is 5.32 Å². The van der Waals surface area contributed by atoms with E-state index in [2.05, 4.69) is 15.3 Å². The van der Waals surface area contributed by atoms with Crippen LogP contribution in [0.4, 0.5) is 10.6 Å². The van der Waals surface area contributed by atoms with E-state index in [9.17, 15) is 9.90 Å². The lowest BCUT2D eigenvalue weighted by atomic mass is 9.82. The predicted octanol–water partition coefficient (Wildman–Crippen LogP) is 3.76. The van der Waals surface area contributed by atoms with Gasteiger partial charge in [0.15, 0.2) is 0 Å². The Bertz CT molecular complexity index is 770. The highest BCUT2D eigenvalue weighted by atomic mass is 35.5. The van der Waals surface area contributed by atoms with Crippen molar-refractivity contribution in [2.45, 2.75) is 50.2 Å². The summed E-state index contributed by atoms with van der Waals surface area (Å²) >= 11 is 6.12. The first kappa shape index (κ1) is 15.4. The minimum Gasteiger partial charge on any atom is -0.465 e. The summed E-state index contributed by atoms with van der Waals surface area (Å²) in [7, 11) is 0. The van der Waals surface area contributed by atoms with Gasteiger partial charge in [-0.25, -0.2) is 9.78 Å². The van der Waals surface area contributed by atoms with E-state index in [1.807, 2.05) is 12.1 Å². The van der Waals surface area contributed by atoms with Gasteiger partial charge in [-0.1, -0.05) is 11.6 Å².